The van der Waals surface area contributed by atoms with E-state index in [0.29, 0.717) is 13.2 Å². The number of methoxy groups -OCH3 is 1. The standard InChI is InChI=1S/C15H20O4/c1-11-9-12(3-4-13(11)18-2)15(10-14(16)17)5-7-19-8-6-15/h3-4,9H,5-8,10H2,1-2H3,(H,16,17). The quantitative estimate of drug-likeness (QED) is 0.908. The van der Waals surface area contributed by atoms with Crippen LogP contribution in [0.2, 0.25) is 0 Å². The molecule has 0 spiro atoms. The molecule has 1 aromatic rings. The van der Waals surface area contributed by atoms with Crippen LogP contribution in [0.1, 0.15) is 30.4 Å². The van der Waals surface area contributed by atoms with Gasteiger partial charge in [-0.2, -0.15) is 0 Å². The van der Waals surface area contributed by atoms with Crippen LogP contribution in [0.3, 0.4) is 0 Å². The molecule has 0 atom stereocenters. The summed E-state index contributed by atoms with van der Waals surface area (Å²) in [6, 6.07) is 5.96. The van der Waals surface area contributed by atoms with E-state index in [-0.39, 0.29) is 11.8 Å². The number of hydrogen-bond donors (Lipinski definition) is 1. The molecule has 0 saturated carbocycles. The number of ether oxygens (including phenoxy) is 2. The zero-order valence-corrected chi connectivity index (χ0v) is 11.4. The molecule has 0 aromatic heterocycles. The number of carboxylic acid groups (broad SMARTS) is 1. The molecule has 104 valence electrons. The average molecular weight is 264 g/mol. The Morgan fingerprint density at radius 2 is 2.11 bits per heavy atom. The number of hydrogen-bond acceptors (Lipinski definition) is 3. The van der Waals surface area contributed by atoms with Gasteiger partial charge >= 0.3 is 5.97 Å². The molecule has 2 rings (SSSR count). The van der Waals surface area contributed by atoms with Crippen LogP contribution in [0.15, 0.2) is 18.2 Å². The first-order chi connectivity index (χ1) is 9.07. The molecule has 1 N–H and O–H groups in total. The summed E-state index contributed by atoms with van der Waals surface area (Å²) < 4.78 is 10.6. The van der Waals surface area contributed by atoms with E-state index in [9.17, 15) is 9.90 Å². The normalized spacial score (nSPS) is 18.0. The number of benzene rings is 1. The molecule has 0 aliphatic carbocycles. The van der Waals surface area contributed by atoms with Crippen LogP contribution in [0, 0.1) is 6.92 Å². The molecule has 0 amide bonds. The molecule has 1 fully saturated rings. The lowest BCUT2D eigenvalue weighted by Gasteiger charge is -2.36. The average Bonchev–Trinajstić information content (AvgIpc) is 2.39. The van der Waals surface area contributed by atoms with Gasteiger partial charge in [-0.25, -0.2) is 0 Å². The predicted molar refractivity (Wildman–Crippen MR) is 71.7 cm³/mol. The Balaban J connectivity index is 2.37. The highest BCUT2D eigenvalue weighted by atomic mass is 16.5. The van der Waals surface area contributed by atoms with Crippen molar-refractivity contribution in [1.82, 2.24) is 0 Å². The third kappa shape index (κ3) is 2.89. The molecular weight excluding hydrogens is 244 g/mol. The van der Waals surface area contributed by atoms with Crippen molar-refractivity contribution in [3.05, 3.63) is 29.3 Å². The smallest absolute Gasteiger partial charge is 0.304 e. The molecule has 4 heteroatoms. The van der Waals surface area contributed by atoms with Gasteiger partial charge in [-0.3, -0.25) is 4.79 Å². The topological polar surface area (TPSA) is 55.8 Å². The SMILES string of the molecule is COc1ccc(C2(CC(=O)O)CCOCC2)cc1C. The highest BCUT2D eigenvalue weighted by molar-refractivity contribution is 5.69. The molecule has 1 saturated heterocycles. The molecule has 0 radical (unpaired) electrons. The van der Waals surface area contributed by atoms with E-state index in [4.69, 9.17) is 9.47 Å². The molecule has 0 unspecified atom stereocenters. The van der Waals surface area contributed by atoms with Crippen molar-refractivity contribution in [2.24, 2.45) is 0 Å². The number of carboxylic acids is 1. The van der Waals surface area contributed by atoms with Gasteiger partial charge in [-0.15, -0.1) is 0 Å². The second-order valence-electron chi connectivity index (χ2n) is 5.15. The molecule has 1 aromatic carbocycles. The Kier molecular flexibility index (Phi) is 4.10. The summed E-state index contributed by atoms with van der Waals surface area (Å²) in [4.78, 5) is 11.2. The van der Waals surface area contributed by atoms with Crippen LogP contribution in [0.5, 0.6) is 5.75 Å². The molecule has 1 aliphatic rings. The van der Waals surface area contributed by atoms with Crippen molar-refractivity contribution in [3.63, 3.8) is 0 Å². The molecular formula is C15H20O4. The van der Waals surface area contributed by atoms with Crippen molar-refractivity contribution >= 4 is 5.97 Å². The van der Waals surface area contributed by atoms with Crippen LogP contribution >= 0.6 is 0 Å². The lowest BCUT2D eigenvalue weighted by molar-refractivity contribution is -0.139. The van der Waals surface area contributed by atoms with E-state index in [1.165, 1.54) is 0 Å². The van der Waals surface area contributed by atoms with Crippen LogP contribution in [0.4, 0.5) is 0 Å². The second kappa shape index (κ2) is 5.61. The Bertz CT molecular complexity index is 461. The van der Waals surface area contributed by atoms with E-state index in [0.717, 1.165) is 29.7 Å². The monoisotopic (exact) mass is 264 g/mol. The fourth-order valence-corrected chi connectivity index (χ4v) is 2.83. The fourth-order valence-electron chi connectivity index (χ4n) is 2.83. The minimum Gasteiger partial charge on any atom is -0.496 e. The van der Waals surface area contributed by atoms with Gasteiger partial charge in [0.2, 0.25) is 0 Å². The van der Waals surface area contributed by atoms with E-state index >= 15 is 0 Å². The summed E-state index contributed by atoms with van der Waals surface area (Å²) in [6.07, 6.45) is 1.66. The summed E-state index contributed by atoms with van der Waals surface area (Å²) >= 11 is 0. The second-order valence-corrected chi connectivity index (χ2v) is 5.15. The van der Waals surface area contributed by atoms with Gasteiger partial charge in [0.15, 0.2) is 0 Å². The van der Waals surface area contributed by atoms with Gasteiger partial charge in [0.05, 0.1) is 13.5 Å². The van der Waals surface area contributed by atoms with Crippen molar-refractivity contribution in [1.29, 1.82) is 0 Å². The summed E-state index contributed by atoms with van der Waals surface area (Å²) in [5.74, 6) is 0.0802. The van der Waals surface area contributed by atoms with Gasteiger partial charge in [0.1, 0.15) is 5.75 Å². The first-order valence-electron chi connectivity index (χ1n) is 6.52. The van der Waals surface area contributed by atoms with Gasteiger partial charge in [-0.05, 0) is 37.0 Å². The van der Waals surface area contributed by atoms with Crippen LogP contribution in [0.25, 0.3) is 0 Å². The van der Waals surface area contributed by atoms with Gasteiger partial charge < -0.3 is 14.6 Å². The summed E-state index contributed by atoms with van der Waals surface area (Å²) in [5.41, 5.74) is 1.81. The van der Waals surface area contributed by atoms with E-state index in [1.54, 1.807) is 7.11 Å². The minimum atomic E-state index is -0.754. The summed E-state index contributed by atoms with van der Waals surface area (Å²) in [6.45, 7) is 3.23. The van der Waals surface area contributed by atoms with Crippen LogP contribution in [-0.4, -0.2) is 31.4 Å². The van der Waals surface area contributed by atoms with Gasteiger partial charge in [0, 0.05) is 18.6 Å². The van der Waals surface area contributed by atoms with Gasteiger partial charge in [0.25, 0.3) is 0 Å². The number of aryl methyl sites for hydroxylation is 1. The summed E-state index contributed by atoms with van der Waals surface area (Å²) in [7, 11) is 1.64. The Hall–Kier alpha value is -1.55. The van der Waals surface area contributed by atoms with E-state index in [2.05, 4.69) is 0 Å². The first-order valence-corrected chi connectivity index (χ1v) is 6.52. The maximum Gasteiger partial charge on any atom is 0.304 e. The molecule has 0 bridgehead atoms. The largest absolute Gasteiger partial charge is 0.496 e. The highest BCUT2D eigenvalue weighted by Crippen LogP contribution is 2.39. The predicted octanol–water partition coefficient (Wildman–Crippen LogP) is 2.53. The van der Waals surface area contributed by atoms with Gasteiger partial charge in [-0.1, -0.05) is 12.1 Å². The maximum atomic E-state index is 11.2. The molecule has 1 aliphatic heterocycles. The molecule has 19 heavy (non-hydrogen) atoms. The zero-order chi connectivity index (χ0) is 13.9. The third-order valence-corrected chi connectivity index (χ3v) is 3.95. The first kappa shape index (κ1) is 13.9. The number of rotatable bonds is 4. The minimum absolute atomic E-state index is 0.155. The molecule has 1 heterocycles. The number of aliphatic carboxylic acids is 1. The van der Waals surface area contributed by atoms with Crippen LogP contribution < -0.4 is 4.74 Å². The van der Waals surface area contributed by atoms with Crippen molar-refractivity contribution in [3.8, 4) is 5.75 Å². The Labute approximate surface area is 113 Å². The van der Waals surface area contributed by atoms with Crippen molar-refractivity contribution < 1.29 is 19.4 Å². The fraction of sp³-hybridized carbons (Fsp3) is 0.533. The maximum absolute atomic E-state index is 11.2. The lowest BCUT2D eigenvalue weighted by Crippen LogP contribution is -2.36. The zero-order valence-electron chi connectivity index (χ0n) is 11.4. The van der Waals surface area contributed by atoms with Crippen molar-refractivity contribution in [2.75, 3.05) is 20.3 Å². The lowest BCUT2D eigenvalue weighted by atomic mass is 9.71. The molecule has 4 nitrogen and oxygen atoms in total. The Morgan fingerprint density at radius 3 is 2.63 bits per heavy atom. The van der Waals surface area contributed by atoms with Crippen molar-refractivity contribution in [2.45, 2.75) is 31.6 Å². The highest BCUT2D eigenvalue weighted by Gasteiger charge is 2.36. The summed E-state index contributed by atoms with van der Waals surface area (Å²) in [5, 5.41) is 9.20. The number of carbonyl (C=O) groups is 1. The Morgan fingerprint density at radius 1 is 1.42 bits per heavy atom. The van der Waals surface area contributed by atoms with Crippen LogP contribution in [-0.2, 0) is 14.9 Å². The van der Waals surface area contributed by atoms with E-state index < -0.39 is 5.97 Å². The third-order valence-electron chi connectivity index (χ3n) is 3.95. The van der Waals surface area contributed by atoms with E-state index in [1.807, 2.05) is 25.1 Å².